The van der Waals surface area contributed by atoms with Crippen LogP contribution < -0.4 is 5.32 Å². The van der Waals surface area contributed by atoms with Crippen molar-refractivity contribution < 1.29 is 31.9 Å². The topological polar surface area (TPSA) is 68.5 Å². The number of halogens is 4. The monoisotopic (exact) mass is 439 g/mol. The lowest BCUT2D eigenvalue weighted by Gasteiger charge is -2.14. The fraction of sp³-hybridized carbons (Fsp3) is 0.238. The number of hydrogen-bond acceptors (Lipinski definition) is 4. The van der Waals surface area contributed by atoms with E-state index < -0.39 is 35.9 Å². The number of hydrogen-bond donors (Lipinski definition) is 1. The minimum absolute atomic E-state index is 0.121. The van der Waals surface area contributed by atoms with Gasteiger partial charge in [0, 0.05) is 16.0 Å². The van der Waals surface area contributed by atoms with Crippen LogP contribution in [0.3, 0.4) is 0 Å². The molecule has 30 heavy (non-hydrogen) atoms. The summed E-state index contributed by atoms with van der Waals surface area (Å²) in [6.07, 6.45) is -3.40. The molecule has 0 saturated carbocycles. The Hall–Kier alpha value is -3.00. The van der Waals surface area contributed by atoms with E-state index in [1.807, 2.05) is 26.0 Å². The first-order chi connectivity index (χ1) is 14.1. The van der Waals surface area contributed by atoms with Gasteiger partial charge < -0.3 is 14.5 Å². The quantitative estimate of drug-likeness (QED) is 0.537. The predicted molar refractivity (Wildman–Crippen MR) is 105 cm³/mol. The van der Waals surface area contributed by atoms with Crippen LogP contribution in [0.4, 0.5) is 18.9 Å². The minimum atomic E-state index is -4.71. The molecule has 1 N–H and O–H groups in total. The van der Waals surface area contributed by atoms with Crippen molar-refractivity contribution in [3.63, 3.8) is 0 Å². The van der Waals surface area contributed by atoms with Gasteiger partial charge in [-0.05, 0) is 43.2 Å². The molecule has 0 aliphatic rings. The Labute approximate surface area is 174 Å². The van der Waals surface area contributed by atoms with Crippen LogP contribution in [-0.4, -0.2) is 18.5 Å². The zero-order valence-electron chi connectivity index (χ0n) is 16.0. The highest BCUT2D eigenvalue weighted by Gasteiger charge is 2.34. The Morgan fingerprint density at radius 2 is 1.90 bits per heavy atom. The first kappa shape index (κ1) is 21.7. The van der Waals surface area contributed by atoms with Crippen molar-refractivity contribution in [3.8, 4) is 0 Å². The molecule has 2 aromatic carbocycles. The van der Waals surface area contributed by atoms with E-state index in [1.165, 1.54) is 12.3 Å². The molecular formula is C21H17ClF3NO4. The zero-order valence-corrected chi connectivity index (χ0v) is 16.8. The maximum Gasteiger partial charge on any atom is 0.418 e. The van der Waals surface area contributed by atoms with Gasteiger partial charge in [-0.2, -0.15) is 13.2 Å². The van der Waals surface area contributed by atoms with Gasteiger partial charge in [-0.25, -0.2) is 0 Å². The van der Waals surface area contributed by atoms with Gasteiger partial charge in [-0.15, -0.1) is 0 Å². The lowest BCUT2D eigenvalue weighted by molar-refractivity contribution is -0.146. The Morgan fingerprint density at radius 1 is 1.17 bits per heavy atom. The number of fused-ring (bicyclic) bond motifs is 1. The third kappa shape index (κ3) is 4.76. The summed E-state index contributed by atoms with van der Waals surface area (Å²) < 4.78 is 49.7. The Balaban J connectivity index is 1.62. The van der Waals surface area contributed by atoms with Crippen LogP contribution >= 0.6 is 11.6 Å². The molecule has 0 fully saturated rings. The lowest BCUT2D eigenvalue weighted by atomic mass is 10.0. The zero-order chi connectivity index (χ0) is 22.1. The van der Waals surface area contributed by atoms with Crippen LogP contribution in [0, 0.1) is 13.8 Å². The fourth-order valence-corrected chi connectivity index (χ4v) is 3.10. The summed E-state index contributed by atoms with van der Waals surface area (Å²) in [7, 11) is 0. The molecule has 0 radical (unpaired) electrons. The summed E-state index contributed by atoms with van der Waals surface area (Å²) in [5.74, 6) is -1.61. The second-order valence-electron chi connectivity index (χ2n) is 6.72. The number of carbonyl (C=O) groups is 2. The van der Waals surface area contributed by atoms with E-state index in [2.05, 4.69) is 5.32 Å². The van der Waals surface area contributed by atoms with E-state index in [0.29, 0.717) is 17.2 Å². The Bertz CT molecular complexity index is 1120. The summed E-state index contributed by atoms with van der Waals surface area (Å²) in [6, 6.07) is 6.69. The molecule has 0 aliphatic carbocycles. The van der Waals surface area contributed by atoms with Crippen LogP contribution in [-0.2, 0) is 26.9 Å². The van der Waals surface area contributed by atoms with Gasteiger partial charge in [0.2, 0.25) is 0 Å². The SMILES string of the molecule is Cc1ccc2c(CC(=O)OCC(=O)Nc3ccc(Cl)cc3C(F)(F)F)coc2c1C. The van der Waals surface area contributed by atoms with Gasteiger partial charge in [0.05, 0.1) is 23.9 Å². The fourth-order valence-electron chi connectivity index (χ4n) is 2.92. The van der Waals surface area contributed by atoms with Crippen LogP contribution in [0.25, 0.3) is 11.0 Å². The molecule has 1 amide bonds. The third-order valence-electron chi connectivity index (χ3n) is 4.60. The standard InChI is InChI=1S/C21H17ClF3NO4/c1-11-3-5-15-13(9-30-20(15)12(11)2)7-19(28)29-10-18(27)26-17-6-4-14(22)8-16(17)21(23,24)25/h3-6,8-9H,7,10H2,1-2H3,(H,26,27). The molecule has 1 heterocycles. The molecule has 0 atom stereocenters. The van der Waals surface area contributed by atoms with Crippen LogP contribution in [0.15, 0.2) is 41.0 Å². The predicted octanol–water partition coefficient (Wildman–Crippen LogP) is 5.45. The van der Waals surface area contributed by atoms with Gasteiger partial charge in [-0.1, -0.05) is 23.7 Å². The number of nitrogens with one attached hydrogen (secondary N) is 1. The number of furan rings is 1. The van der Waals surface area contributed by atoms with E-state index in [4.69, 9.17) is 20.8 Å². The average Bonchev–Trinajstić information content (AvgIpc) is 3.07. The van der Waals surface area contributed by atoms with Crippen LogP contribution in [0.2, 0.25) is 5.02 Å². The number of amides is 1. The molecule has 3 rings (SSSR count). The molecule has 158 valence electrons. The van der Waals surface area contributed by atoms with Gasteiger partial charge >= 0.3 is 12.1 Å². The maximum atomic E-state index is 13.1. The van der Waals surface area contributed by atoms with Gasteiger partial charge in [0.15, 0.2) is 6.61 Å². The molecular weight excluding hydrogens is 423 g/mol. The number of ether oxygens (including phenoxy) is 1. The molecule has 3 aromatic rings. The number of rotatable bonds is 5. The second-order valence-corrected chi connectivity index (χ2v) is 7.15. The number of esters is 1. The molecule has 0 aliphatic heterocycles. The van der Waals surface area contributed by atoms with Crippen LogP contribution in [0.1, 0.15) is 22.3 Å². The molecule has 0 unspecified atom stereocenters. The summed E-state index contributed by atoms with van der Waals surface area (Å²) >= 11 is 5.60. The Kier molecular flexibility index (Phi) is 6.07. The summed E-state index contributed by atoms with van der Waals surface area (Å²) in [5.41, 5.74) is 1.69. The number of alkyl halides is 3. The van der Waals surface area contributed by atoms with Crippen molar-refractivity contribution >= 4 is 40.1 Å². The highest BCUT2D eigenvalue weighted by atomic mass is 35.5. The number of aryl methyl sites for hydroxylation is 2. The minimum Gasteiger partial charge on any atom is -0.464 e. The smallest absolute Gasteiger partial charge is 0.418 e. The van der Waals surface area contributed by atoms with E-state index in [9.17, 15) is 22.8 Å². The van der Waals surface area contributed by atoms with E-state index in [-0.39, 0.29) is 11.4 Å². The largest absolute Gasteiger partial charge is 0.464 e. The number of carbonyl (C=O) groups excluding carboxylic acids is 2. The summed E-state index contributed by atoms with van der Waals surface area (Å²) in [4.78, 5) is 24.1. The van der Waals surface area contributed by atoms with Crippen molar-refractivity contribution in [1.82, 2.24) is 0 Å². The van der Waals surface area contributed by atoms with Gasteiger partial charge in [-0.3, -0.25) is 9.59 Å². The van der Waals surface area contributed by atoms with Crippen LogP contribution in [0.5, 0.6) is 0 Å². The van der Waals surface area contributed by atoms with E-state index in [1.54, 1.807) is 0 Å². The molecule has 9 heteroatoms. The number of anilines is 1. The van der Waals surface area contributed by atoms with E-state index in [0.717, 1.165) is 22.6 Å². The van der Waals surface area contributed by atoms with Crippen molar-refractivity contribution in [2.75, 3.05) is 11.9 Å². The highest BCUT2D eigenvalue weighted by Crippen LogP contribution is 2.36. The molecule has 0 spiro atoms. The van der Waals surface area contributed by atoms with Gasteiger partial charge in [0.25, 0.3) is 5.91 Å². The second kappa shape index (κ2) is 8.39. The van der Waals surface area contributed by atoms with Gasteiger partial charge in [0.1, 0.15) is 5.58 Å². The normalized spacial score (nSPS) is 11.5. The lowest BCUT2D eigenvalue weighted by Crippen LogP contribution is -2.23. The average molecular weight is 440 g/mol. The van der Waals surface area contributed by atoms with Crippen molar-refractivity contribution in [2.45, 2.75) is 26.4 Å². The molecule has 5 nitrogen and oxygen atoms in total. The van der Waals surface area contributed by atoms with Crippen molar-refractivity contribution in [1.29, 1.82) is 0 Å². The maximum absolute atomic E-state index is 13.1. The Morgan fingerprint density at radius 3 is 2.60 bits per heavy atom. The third-order valence-corrected chi connectivity index (χ3v) is 4.84. The molecule has 0 saturated heterocycles. The summed E-state index contributed by atoms with van der Waals surface area (Å²) in [6.45, 7) is 3.11. The van der Waals surface area contributed by atoms with Crippen molar-refractivity contribution in [3.05, 3.63) is 63.9 Å². The van der Waals surface area contributed by atoms with Crippen molar-refractivity contribution in [2.24, 2.45) is 0 Å². The first-order valence-corrected chi connectivity index (χ1v) is 9.22. The van der Waals surface area contributed by atoms with E-state index >= 15 is 0 Å². The molecule has 1 aromatic heterocycles. The summed E-state index contributed by atoms with van der Waals surface area (Å²) in [5, 5.41) is 2.73. The molecule has 0 bridgehead atoms. The highest BCUT2D eigenvalue weighted by molar-refractivity contribution is 6.30. The first-order valence-electron chi connectivity index (χ1n) is 8.84. The number of benzene rings is 2.